The van der Waals surface area contributed by atoms with Crippen LogP contribution in [0.5, 0.6) is 11.5 Å². The summed E-state index contributed by atoms with van der Waals surface area (Å²) < 4.78 is 5.23. The molecule has 1 atom stereocenters. The van der Waals surface area contributed by atoms with Gasteiger partial charge in [-0.25, -0.2) is 0 Å². The molecule has 0 spiro atoms. The number of aliphatic imine (C=N–C) groups is 2. The number of amides is 1. The number of methoxy groups -OCH3 is 1. The molecule has 164 valence electrons. The van der Waals surface area contributed by atoms with E-state index < -0.39 is 0 Å². The Balaban J connectivity index is 1.90. The van der Waals surface area contributed by atoms with Crippen LogP contribution in [-0.2, 0) is 11.2 Å². The highest BCUT2D eigenvalue weighted by molar-refractivity contribution is 6.49. The van der Waals surface area contributed by atoms with E-state index in [2.05, 4.69) is 10.3 Å². The molecular formula is C26H27N3O3. The van der Waals surface area contributed by atoms with E-state index in [-0.39, 0.29) is 24.1 Å². The summed E-state index contributed by atoms with van der Waals surface area (Å²) in [5.74, 6) is 1.12. The number of carbonyl (C=O) groups excluding carboxylic acids is 1. The van der Waals surface area contributed by atoms with Gasteiger partial charge in [-0.3, -0.25) is 14.8 Å². The lowest BCUT2D eigenvalue weighted by Crippen LogP contribution is -2.38. The van der Waals surface area contributed by atoms with Crippen LogP contribution in [0.4, 0.5) is 0 Å². The third kappa shape index (κ3) is 6.04. The highest BCUT2D eigenvalue weighted by Gasteiger charge is 2.17. The zero-order valence-electron chi connectivity index (χ0n) is 18.4. The van der Waals surface area contributed by atoms with Crippen molar-refractivity contribution >= 4 is 17.5 Å². The van der Waals surface area contributed by atoms with Crippen LogP contribution in [0.3, 0.4) is 0 Å². The zero-order chi connectivity index (χ0) is 22.9. The number of hydrogen-bond acceptors (Lipinski definition) is 5. The molecule has 6 nitrogen and oxygen atoms in total. The molecule has 2 N–H and O–H groups in total. The second kappa shape index (κ2) is 10.9. The van der Waals surface area contributed by atoms with Gasteiger partial charge in [0.25, 0.3) is 0 Å². The summed E-state index contributed by atoms with van der Waals surface area (Å²) in [4.78, 5) is 21.9. The van der Waals surface area contributed by atoms with Gasteiger partial charge in [-0.15, -0.1) is 0 Å². The number of ether oxygens (including phenoxy) is 1. The number of nitrogens with zero attached hydrogens (tertiary/aromatic N) is 2. The monoisotopic (exact) mass is 429 g/mol. The van der Waals surface area contributed by atoms with Gasteiger partial charge in [0.05, 0.1) is 19.6 Å². The van der Waals surface area contributed by atoms with Crippen LogP contribution in [0.25, 0.3) is 0 Å². The molecule has 3 aromatic rings. The molecule has 3 aromatic carbocycles. The predicted molar refractivity (Wildman–Crippen MR) is 128 cm³/mol. The van der Waals surface area contributed by atoms with Crippen LogP contribution in [0.1, 0.15) is 29.7 Å². The Morgan fingerprint density at radius 1 is 1.00 bits per heavy atom. The molecule has 0 radical (unpaired) electrons. The third-order valence-corrected chi connectivity index (χ3v) is 4.97. The molecule has 32 heavy (non-hydrogen) atoms. The first-order valence-corrected chi connectivity index (χ1v) is 10.3. The van der Waals surface area contributed by atoms with Crippen LogP contribution >= 0.6 is 0 Å². The summed E-state index contributed by atoms with van der Waals surface area (Å²) in [6.07, 6.45) is 0.233. The zero-order valence-corrected chi connectivity index (χ0v) is 18.4. The van der Waals surface area contributed by atoms with Crippen molar-refractivity contribution < 1.29 is 14.6 Å². The molecule has 0 aromatic heterocycles. The average Bonchev–Trinajstić information content (AvgIpc) is 2.82. The summed E-state index contributed by atoms with van der Waals surface area (Å²) in [6.45, 7) is 1.97. The quantitative estimate of drug-likeness (QED) is 0.433. The highest BCUT2D eigenvalue weighted by Crippen LogP contribution is 2.22. The lowest BCUT2D eigenvalue weighted by atomic mass is 10.1. The van der Waals surface area contributed by atoms with Crippen LogP contribution < -0.4 is 10.1 Å². The SMILES string of the molecule is CN=C(NC(=O)Cc1ccccc1)C(=NC(C)c1ccc(OC)cc1)c1ccc(O)cc1. The Hall–Kier alpha value is -3.93. The highest BCUT2D eigenvalue weighted by atomic mass is 16.5. The van der Waals surface area contributed by atoms with Crippen LogP contribution in [0.2, 0.25) is 0 Å². The molecule has 0 aliphatic rings. The van der Waals surface area contributed by atoms with Crippen molar-refractivity contribution in [3.63, 3.8) is 0 Å². The number of carbonyl (C=O) groups is 1. The van der Waals surface area contributed by atoms with E-state index in [9.17, 15) is 9.90 Å². The fourth-order valence-electron chi connectivity index (χ4n) is 3.22. The topological polar surface area (TPSA) is 83.3 Å². The van der Waals surface area contributed by atoms with Crippen molar-refractivity contribution in [1.82, 2.24) is 5.32 Å². The molecule has 0 saturated carbocycles. The molecule has 0 aliphatic heterocycles. The van der Waals surface area contributed by atoms with Crippen LogP contribution in [0, 0.1) is 0 Å². The minimum absolute atomic E-state index is 0.152. The molecule has 0 aliphatic carbocycles. The van der Waals surface area contributed by atoms with Crippen molar-refractivity contribution in [3.05, 3.63) is 95.6 Å². The molecule has 0 bridgehead atoms. The van der Waals surface area contributed by atoms with E-state index in [1.54, 1.807) is 38.4 Å². The number of hydrogen-bond donors (Lipinski definition) is 2. The van der Waals surface area contributed by atoms with Gasteiger partial charge in [0.15, 0.2) is 5.84 Å². The van der Waals surface area contributed by atoms with Crippen molar-refractivity contribution in [1.29, 1.82) is 0 Å². The van der Waals surface area contributed by atoms with Crippen molar-refractivity contribution in [2.24, 2.45) is 9.98 Å². The predicted octanol–water partition coefficient (Wildman–Crippen LogP) is 4.34. The Morgan fingerprint density at radius 2 is 1.66 bits per heavy atom. The molecule has 1 unspecified atom stereocenters. The normalized spacial score (nSPS) is 12.8. The third-order valence-electron chi connectivity index (χ3n) is 4.97. The largest absolute Gasteiger partial charge is 0.508 e. The van der Waals surface area contributed by atoms with E-state index >= 15 is 0 Å². The lowest BCUT2D eigenvalue weighted by Gasteiger charge is -2.15. The number of benzene rings is 3. The summed E-state index contributed by atoms with van der Waals surface area (Å²) in [7, 11) is 3.24. The number of phenols is 1. The molecule has 3 rings (SSSR count). The van der Waals surface area contributed by atoms with Gasteiger partial charge in [-0.05, 0) is 54.4 Å². The van der Waals surface area contributed by atoms with E-state index in [1.165, 1.54) is 0 Å². The van der Waals surface area contributed by atoms with Crippen molar-refractivity contribution in [3.8, 4) is 11.5 Å². The lowest BCUT2D eigenvalue weighted by molar-refractivity contribution is -0.119. The summed E-state index contributed by atoms with van der Waals surface area (Å²) in [5.41, 5.74) is 3.18. The Labute approximate surface area is 188 Å². The molecule has 0 saturated heterocycles. The van der Waals surface area contributed by atoms with Crippen molar-refractivity contribution in [2.45, 2.75) is 19.4 Å². The average molecular weight is 430 g/mol. The maximum Gasteiger partial charge on any atom is 0.229 e. The first-order chi connectivity index (χ1) is 15.5. The van der Waals surface area contributed by atoms with Gasteiger partial charge in [0.1, 0.15) is 17.2 Å². The Morgan fingerprint density at radius 3 is 2.25 bits per heavy atom. The van der Waals surface area contributed by atoms with Crippen LogP contribution in [0.15, 0.2) is 88.8 Å². The smallest absolute Gasteiger partial charge is 0.229 e. The minimum Gasteiger partial charge on any atom is -0.508 e. The molecule has 0 heterocycles. The molecular weight excluding hydrogens is 402 g/mol. The standard InChI is InChI=1S/C26H27N3O3/c1-18(20-11-15-23(32-3)16-12-20)28-25(21-9-13-22(30)14-10-21)26(27-2)29-24(31)17-19-7-5-4-6-8-19/h4-16,18,30H,17H2,1-3H3,(H,27,29,31). The van der Waals surface area contributed by atoms with Crippen LogP contribution in [-0.4, -0.2) is 36.7 Å². The number of nitrogens with one attached hydrogen (secondary N) is 1. The van der Waals surface area contributed by atoms with E-state index in [1.807, 2.05) is 61.5 Å². The van der Waals surface area contributed by atoms with E-state index in [4.69, 9.17) is 9.73 Å². The van der Waals surface area contributed by atoms with Crippen molar-refractivity contribution in [2.75, 3.05) is 14.2 Å². The van der Waals surface area contributed by atoms with Gasteiger partial charge < -0.3 is 15.2 Å². The maximum atomic E-state index is 12.7. The number of rotatable bonds is 7. The summed E-state index contributed by atoms with van der Waals surface area (Å²) in [5, 5.41) is 12.6. The number of aromatic hydroxyl groups is 1. The second-order valence-corrected chi connectivity index (χ2v) is 7.26. The fourth-order valence-corrected chi connectivity index (χ4v) is 3.22. The number of amidine groups is 1. The Kier molecular flexibility index (Phi) is 7.75. The maximum absolute atomic E-state index is 12.7. The first-order valence-electron chi connectivity index (χ1n) is 10.3. The second-order valence-electron chi connectivity index (χ2n) is 7.26. The molecule has 0 fully saturated rings. The molecule has 1 amide bonds. The van der Waals surface area contributed by atoms with E-state index in [0.717, 1.165) is 22.4 Å². The van der Waals surface area contributed by atoms with Gasteiger partial charge in [-0.1, -0.05) is 42.5 Å². The molecule has 6 heteroatoms. The Bertz CT molecular complexity index is 1090. The van der Waals surface area contributed by atoms with Gasteiger partial charge >= 0.3 is 0 Å². The van der Waals surface area contributed by atoms with Gasteiger partial charge in [0.2, 0.25) is 5.91 Å². The van der Waals surface area contributed by atoms with E-state index in [0.29, 0.717) is 11.5 Å². The van der Waals surface area contributed by atoms with Gasteiger partial charge in [0, 0.05) is 12.6 Å². The summed E-state index contributed by atoms with van der Waals surface area (Å²) in [6, 6.07) is 23.7. The number of phenolic OH excluding ortho intramolecular Hbond substituents is 1. The van der Waals surface area contributed by atoms with Gasteiger partial charge in [-0.2, -0.15) is 0 Å². The fraction of sp³-hybridized carbons (Fsp3) is 0.192. The summed E-state index contributed by atoms with van der Waals surface area (Å²) >= 11 is 0. The minimum atomic E-state index is -0.201. The first kappa shape index (κ1) is 22.7.